The topological polar surface area (TPSA) is 43.7 Å². The Labute approximate surface area is 208 Å². The van der Waals surface area contributed by atoms with Crippen molar-refractivity contribution in [3.63, 3.8) is 0 Å². The lowest BCUT2D eigenvalue weighted by atomic mass is 9.90. The fourth-order valence-corrected chi connectivity index (χ4v) is 3.54. The highest BCUT2D eigenvalue weighted by atomic mass is 16.3. The highest BCUT2D eigenvalue weighted by molar-refractivity contribution is 5.75. The first-order chi connectivity index (χ1) is 16.2. The summed E-state index contributed by atoms with van der Waals surface area (Å²) in [6.07, 6.45) is 13.8. The van der Waals surface area contributed by atoms with E-state index >= 15 is 0 Å². The molecule has 0 spiro atoms. The Hall–Kier alpha value is -2.62. The van der Waals surface area contributed by atoms with Gasteiger partial charge in [0.25, 0.3) is 0 Å². The van der Waals surface area contributed by atoms with E-state index in [2.05, 4.69) is 77.4 Å². The SMILES string of the molecule is C=C\C=C(O)/C=C/C(=C(\CCCO)c1ccccc1)C(/C)=C/C=C(\C)C(C)CCN(C)C(C)C. The molecular weight excluding hydrogens is 418 g/mol. The fourth-order valence-electron chi connectivity index (χ4n) is 3.54. The third-order valence-corrected chi connectivity index (χ3v) is 6.34. The Balaban J connectivity index is 3.37. The molecule has 0 aliphatic rings. The Morgan fingerprint density at radius 1 is 1.03 bits per heavy atom. The van der Waals surface area contributed by atoms with Gasteiger partial charge in [-0.3, -0.25) is 0 Å². The number of hydrogen-bond acceptors (Lipinski definition) is 3. The predicted molar refractivity (Wildman–Crippen MR) is 149 cm³/mol. The van der Waals surface area contributed by atoms with Gasteiger partial charge in [0.05, 0.1) is 0 Å². The van der Waals surface area contributed by atoms with Crippen molar-refractivity contribution in [1.29, 1.82) is 0 Å². The van der Waals surface area contributed by atoms with E-state index in [9.17, 15) is 10.2 Å². The van der Waals surface area contributed by atoms with Crippen LogP contribution in [0.4, 0.5) is 0 Å². The minimum atomic E-state index is 0.138. The van der Waals surface area contributed by atoms with Crippen molar-refractivity contribution < 1.29 is 10.2 Å². The number of aliphatic hydroxyl groups excluding tert-OH is 2. The molecule has 0 bridgehead atoms. The van der Waals surface area contributed by atoms with Gasteiger partial charge in [-0.15, -0.1) is 0 Å². The first-order valence-corrected chi connectivity index (χ1v) is 12.4. The molecule has 0 radical (unpaired) electrons. The molecule has 0 aromatic heterocycles. The second-order valence-electron chi connectivity index (χ2n) is 9.27. The highest BCUT2D eigenvalue weighted by Gasteiger charge is 2.11. The minimum absolute atomic E-state index is 0.138. The Morgan fingerprint density at radius 3 is 2.29 bits per heavy atom. The van der Waals surface area contributed by atoms with Crippen molar-refractivity contribution in [3.8, 4) is 0 Å². The smallest absolute Gasteiger partial charge is 0.115 e. The average molecular weight is 464 g/mol. The lowest BCUT2D eigenvalue weighted by Crippen LogP contribution is -2.28. The molecule has 1 unspecified atom stereocenters. The number of hydrogen-bond donors (Lipinski definition) is 2. The lowest BCUT2D eigenvalue weighted by molar-refractivity contribution is 0.260. The van der Waals surface area contributed by atoms with Crippen molar-refractivity contribution in [2.75, 3.05) is 20.2 Å². The van der Waals surface area contributed by atoms with Crippen LogP contribution < -0.4 is 0 Å². The van der Waals surface area contributed by atoms with E-state index in [4.69, 9.17) is 0 Å². The third-order valence-electron chi connectivity index (χ3n) is 6.34. The molecule has 1 aromatic carbocycles. The third kappa shape index (κ3) is 10.5. The van der Waals surface area contributed by atoms with E-state index in [-0.39, 0.29) is 12.4 Å². The summed E-state index contributed by atoms with van der Waals surface area (Å²) in [6.45, 7) is 15.9. The van der Waals surface area contributed by atoms with Gasteiger partial charge in [0.1, 0.15) is 5.76 Å². The second kappa shape index (κ2) is 16.1. The van der Waals surface area contributed by atoms with Gasteiger partial charge in [-0.1, -0.05) is 73.7 Å². The molecule has 0 heterocycles. The van der Waals surface area contributed by atoms with Crippen molar-refractivity contribution in [2.45, 2.75) is 59.9 Å². The van der Waals surface area contributed by atoms with E-state index < -0.39 is 0 Å². The molecule has 0 aliphatic heterocycles. The van der Waals surface area contributed by atoms with E-state index in [0.29, 0.717) is 18.4 Å². The zero-order valence-corrected chi connectivity index (χ0v) is 22.1. The van der Waals surface area contributed by atoms with Crippen LogP contribution in [0.15, 0.2) is 95.8 Å². The predicted octanol–water partition coefficient (Wildman–Crippen LogP) is 7.66. The molecular formula is C31H45NO2. The van der Waals surface area contributed by atoms with Crippen LogP contribution in [-0.2, 0) is 0 Å². The van der Waals surface area contributed by atoms with Crippen LogP contribution in [0.5, 0.6) is 0 Å². The van der Waals surface area contributed by atoms with Gasteiger partial charge < -0.3 is 15.1 Å². The van der Waals surface area contributed by atoms with Crippen molar-refractivity contribution in [1.82, 2.24) is 4.90 Å². The standard InChI is InChI=1S/C31H45NO2/c1-8-13-29(34)19-20-30(31(16-12-23-33)28-14-10-9-11-15-28)27(6)18-17-25(4)26(5)21-22-32(7)24(2)3/h8-11,13-15,17-20,24,26,33-34H,1,12,16,21-23H2,2-7H3/b20-19+,25-17+,27-18+,29-13+,31-30-. The zero-order chi connectivity index (χ0) is 25.5. The second-order valence-corrected chi connectivity index (χ2v) is 9.27. The first kappa shape index (κ1) is 29.4. The summed E-state index contributed by atoms with van der Waals surface area (Å²) in [7, 11) is 2.18. The monoisotopic (exact) mass is 463 g/mol. The quantitative estimate of drug-likeness (QED) is 0.220. The maximum absolute atomic E-state index is 10.1. The number of allylic oxidation sites excluding steroid dienone is 10. The Kier molecular flexibility index (Phi) is 13.9. The Bertz CT molecular complexity index is 901. The largest absolute Gasteiger partial charge is 0.508 e. The van der Waals surface area contributed by atoms with Crippen molar-refractivity contribution >= 4 is 5.57 Å². The van der Waals surface area contributed by atoms with Crippen LogP contribution in [0.2, 0.25) is 0 Å². The van der Waals surface area contributed by atoms with Gasteiger partial charge in [0.2, 0.25) is 0 Å². The average Bonchev–Trinajstić information content (AvgIpc) is 2.83. The van der Waals surface area contributed by atoms with E-state index in [1.807, 2.05) is 24.3 Å². The fraction of sp³-hybridized carbons (Fsp3) is 0.419. The minimum Gasteiger partial charge on any atom is -0.508 e. The molecule has 1 rings (SSSR count). The normalized spacial score (nSPS) is 15.3. The maximum atomic E-state index is 10.1. The van der Waals surface area contributed by atoms with Crippen LogP contribution in [0.3, 0.4) is 0 Å². The van der Waals surface area contributed by atoms with Crippen LogP contribution >= 0.6 is 0 Å². The van der Waals surface area contributed by atoms with Crippen LogP contribution in [0.25, 0.3) is 5.57 Å². The molecule has 1 aromatic rings. The van der Waals surface area contributed by atoms with Gasteiger partial charge in [-0.05, 0) is 101 Å². The van der Waals surface area contributed by atoms with Crippen molar-refractivity contribution in [2.24, 2.45) is 5.92 Å². The van der Waals surface area contributed by atoms with Gasteiger partial charge >= 0.3 is 0 Å². The summed E-state index contributed by atoms with van der Waals surface area (Å²) in [4.78, 5) is 2.38. The zero-order valence-electron chi connectivity index (χ0n) is 22.1. The van der Waals surface area contributed by atoms with Gasteiger partial charge in [-0.25, -0.2) is 0 Å². The first-order valence-electron chi connectivity index (χ1n) is 12.4. The summed E-state index contributed by atoms with van der Waals surface area (Å²) in [5.74, 6) is 0.653. The number of rotatable bonds is 14. The van der Waals surface area contributed by atoms with Crippen LogP contribution in [-0.4, -0.2) is 41.4 Å². The molecule has 1 atom stereocenters. The molecule has 3 nitrogen and oxygen atoms in total. The maximum Gasteiger partial charge on any atom is 0.115 e. The number of aliphatic hydroxyl groups is 2. The number of benzene rings is 1. The van der Waals surface area contributed by atoms with E-state index in [0.717, 1.165) is 41.7 Å². The summed E-state index contributed by atoms with van der Waals surface area (Å²) in [6, 6.07) is 10.8. The van der Waals surface area contributed by atoms with Crippen LogP contribution in [0.1, 0.15) is 59.4 Å². The van der Waals surface area contributed by atoms with Gasteiger partial charge in [-0.2, -0.15) is 0 Å². The lowest BCUT2D eigenvalue weighted by Gasteiger charge is -2.23. The summed E-state index contributed by atoms with van der Waals surface area (Å²) >= 11 is 0. The summed E-state index contributed by atoms with van der Waals surface area (Å²) < 4.78 is 0. The Morgan fingerprint density at radius 2 is 1.71 bits per heavy atom. The summed E-state index contributed by atoms with van der Waals surface area (Å²) in [5.41, 5.74) is 5.81. The molecule has 0 aliphatic carbocycles. The number of nitrogens with zero attached hydrogens (tertiary/aromatic N) is 1. The van der Waals surface area contributed by atoms with E-state index in [1.54, 1.807) is 18.2 Å². The molecule has 0 saturated carbocycles. The van der Waals surface area contributed by atoms with E-state index in [1.165, 1.54) is 5.57 Å². The molecule has 0 amide bonds. The van der Waals surface area contributed by atoms with Crippen molar-refractivity contribution in [3.05, 3.63) is 101 Å². The van der Waals surface area contributed by atoms with Gasteiger partial charge in [0, 0.05) is 12.6 Å². The van der Waals surface area contributed by atoms with Crippen LogP contribution in [0, 0.1) is 5.92 Å². The highest BCUT2D eigenvalue weighted by Crippen LogP contribution is 2.29. The summed E-state index contributed by atoms with van der Waals surface area (Å²) in [5, 5.41) is 19.7. The molecule has 3 heteroatoms. The molecule has 34 heavy (non-hydrogen) atoms. The molecule has 0 fully saturated rings. The molecule has 2 N–H and O–H groups in total. The molecule has 186 valence electrons. The van der Waals surface area contributed by atoms with Gasteiger partial charge in [0.15, 0.2) is 0 Å². The molecule has 0 saturated heterocycles.